The number of nitro benzene ring substituents is 2. The highest BCUT2D eigenvalue weighted by molar-refractivity contribution is 5.87. The predicted octanol–water partition coefficient (Wildman–Crippen LogP) is 2.52. The molecule has 0 radical (unpaired) electrons. The Balaban J connectivity index is 2.04. The molecule has 0 saturated carbocycles. The van der Waals surface area contributed by atoms with Crippen LogP contribution in [-0.4, -0.2) is 46.2 Å². The summed E-state index contributed by atoms with van der Waals surface area (Å²) in [7, 11) is 0. The number of nitrogens with one attached hydrogen (secondary N) is 1. The Morgan fingerprint density at radius 2 is 1.96 bits per heavy atom. The van der Waals surface area contributed by atoms with E-state index in [2.05, 4.69) is 10.5 Å². The van der Waals surface area contributed by atoms with Gasteiger partial charge in [-0.15, -0.1) is 0 Å². The van der Waals surface area contributed by atoms with Gasteiger partial charge in [-0.05, 0) is 13.0 Å². The van der Waals surface area contributed by atoms with Crippen molar-refractivity contribution in [3.05, 3.63) is 38.4 Å². The van der Waals surface area contributed by atoms with Crippen LogP contribution >= 0.6 is 0 Å². The maximum atomic E-state index is 11.6. The molecule has 1 N–H and O–H groups in total. The van der Waals surface area contributed by atoms with Gasteiger partial charge in [0.15, 0.2) is 0 Å². The third kappa shape index (κ3) is 4.62. The molecule has 1 aliphatic heterocycles. The summed E-state index contributed by atoms with van der Waals surface area (Å²) >= 11 is 0. The van der Waals surface area contributed by atoms with Crippen molar-refractivity contribution in [2.45, 2.75) is 19.8 Å². The van der Waals surface area contributed by atoms with Crippen LogP contribution in [-0.2, 0) is 4.74 Å². The molecule has 11 heteroatoms. The summed E-state index contributed by atoms with van der Waals surface area (Å²) in [4.78, 5) is 33.5. The zero-order valence-electron chi connectivity index (χ0n) is 13.5. The van der Waals surface area contributed by atoms with E-state index in [9.17, 15) is 25.0 Å². The van der Waals surface area contributed by atoms with Gasteiger partial charge in [-0.1, -0.05) is 0 Å². The van der Waals surface area contributed by atoms with Crippen molar-refractivity contribution in [1.82, 2.24) is 4.90 Å². The number of hydrazone groups is 1. The van der Waals surface area contributed by atoms with Crippen molar-refractivity contribution in [1.29, 1.82) is 0 Å². The molecule has 1 aromatic carbocycles. The highest BCUT2D eigenvalue weighted by Gasteiger charge is 2.22. The number of likely N-dealkylation sites (tertiary alicyclic amines) is 1. The Morgan fingerprint density at radius 1 is 1.28 bits per heavy atom. The predicted molar refractivity (Wildman–Crippen MR) is 88.6 cm³/mol. The quantitative estimate of drug-likeness (QED) is 0.634. The number of benzene rings is 1. The fourth-order valence-corrected chi connectivity index (χ4v) is 2.29. The number of carbonyl (C=O) groups excluding carboxylic acids is 1. The monoisotopic (exact) mass is 351 g/mol. The van der Waals surface area contributed by atoms with E-state index in [1.165, 1.54) is 12.1 Å². The van der Waals surface area contributed by atoms with Gasteiger partial charge in [-0.3, -0.25) is 25.7 Å². The molecule has 1 aliphatic rings. The van der Waals surface area contributed by atoms with Crippen LogP contribution in [0.2, 0.25) is 0 Å². The Bertz CT molecular complexity index is 710. The van der Waals surface area contributed by atoms with Crippen molar-refractivity contribution in [3.8, 4) is 0 Å². The SMILES string of the molecule is CCOC(=O)N1CCC(=NNc2ccc([N+](=O)[O-])cc2[N+](=O)[O-])CC1. The Labute approximate surface area is 142 Å². The Kier molecular flexibility index (Phi) is 5.82. The second-order valence-corrected chi connectivity index (χ2v) is 5.19. The molecule has 25 heavy (non-hydrogen) atoms. The van der Waals surface area contributed by atoms with Crippen molar-refractivity contribution in [3.63, 3.8) is 0 Å². The van der Waals surface area contributed by atoms with Crippen LogP contribution in [0.25, 0.3) is 0 Å². The zero-order valence-corrected chi connectivity index (χ0v) is 13.5. The van der Waals surface area contributed by atoms with Crippen LogP contribution in [0, 0.1) is 20.2 Å². The molecule has 1 amide bonds. The van der Waals surface area contributed by atoms with Crippen molar-refractivity contribution < 1.29 is 19.4 Å². The van der Waals surface area contributed by atoms with Gasteiger partial charge in [0.25, 0.3) is 5.69 Å². The molecule has 0 atom stereocenters. The number of carbonyl (C=O) groups is 1. The molecule has 0 spiro atoms. The molecule has 1 heterocycles. The average molecular weight is 351 g/mol. The van der Waals surface area contributed by atoms with Crippen LogP contribution < -0.4 is 5.43 Å². The first-order valence-electron chi connectivity index (χ1n) is 7.58. The number of amides is 1. The maximum Gasteiger partial charge on any atom is 0.409 e. The number of nitrogens with zero attached hydrogens (tertiary/aromatic N) is 4. The molecule has 11 nitrogen and oxygen atoms in total. The molecular formula is C14H17N5O6. The lowest BCUT2D eigenvalue weighted by Crippen LogP contribution is -2.39. The molecule has 1 fully saturated rings. The van der Waals surface area contributed by atoms with Crippen LogP contribution in [0.3, 0.4) is 0 Å². The number of nitro groups is 2. The van der Waals surface area contributed by atoms with E-state index in [1.54, 1.807) is 11.8 Å². The van der Waals surface area contributed by atoms with E-state index >= 15 is 0 Å². The van der Waals surface area contributed by atoms with Gasteiger partial charge in [0.2, 0.25) is 0 Å². The lowest BCUT2D eigenvalue weighted by molar-refractivity contribution is -0.393. The highest BCUT2D eigenvalue weighted by atomic mass is 16.6. The first-order valence-corrected chi connectivity index (χ1v) is 7.58. The van der Waals surface area contributed by atoms with Crippen LogP contribution in [0.15, 0.2) is 23.3 Å². The van der Waals surface area contributed by atoms with Gasteiger partial charge in [0.05, 0.1) is 22.5 Å². The van der Waals surface area contributed by atoms with E-state index in [1.807, 2.05) is 0 Å². The number of piperidine rings is 1. The molecule has 0 bridgehead atoms. The van der Waals surface area contributed by atoms with Gasteiger partial charge < -0.3 is 9.64 Å². The number of rotatable bonds is 5. The smallest absolute Gasteiger partial charge is 0.409 e. The van der Waals surface area contributed by atoms with Gasteiger partial charge in [-0.2, -0.15) is 5.10 Å². The Morgan fingerprint density at radius 3 is 2.52 bits per heavy atom. The number of anilines is 1. The first kappa shape index (κ1) is 18.1. The summed E-state index contributed by atoms with van der Waals surface area (Å²) in [6.45, 7) is 2.93. The number of hydrogen-bond acceptors (Lipinski definition) is 8. The maximum absolute atomic E-state index is 11.6. The average Bonchev–Trinajstić information content (AvgIpc) is 2.60. The number of non-ortho nitro benzene ring substituents is 1. The molecule has 1 aromatic rings. The minimum atomic E-state index is -0.709. The number of ether oxygens (including phenoxy) is 1. The van der Waals surface area contributed by atoms with Crippen LogP contribution in [0.1, 0.15) is 19.8 Å². The van der Waals surface area contributed by atoms with Gasteiger partial charge in [-0.25, -0.2) is 4.79 Å². The molecule has 134 valence electrons. The van der Waals surface area contributed by atoms with Crippen LogP contribution in [0.4, 0.5) is 21.9 Å². The summed E-state index contributed by atoms with van der Waals surface area (Å²) < 4.78 is 4.92. The highest BCUT2D eigenvalue weighted by Crippen LogP contribution is 2.29. The van der Waals surface area contributed by atoms with Crippen molar-refractivity contribution >= 4 is 28.9 Å². The molecule has 1 saturated heterocycles. The lowest BCUT2D eigenvalue weighted by atomic mass is 10.1. The largest absolute Gasteiger partial charge is 0.450 e. The third-order valence-electron chi connectivity index (χ3n) is 3.59. The van der Waals surface area contributed by atoms with Crippen molar-refractivity contribution in [2.75, 3.05) is 25.1 Å². The molecule has 0 unspecified atom stereocenters. The molecule has 0 aromatic heterocycles. The van der Waals surface area contributed by atoms with Crippen molar-refractivity contribution in [2.24, 2.45) is 5.10 Å². The summed E-state index contributed by atoms with van der Waals surface area (Å²) in [6, 6.07) is 3.29. The standard InChI is InChI=1S/C14H17N5O6/c1-2-25-14(20)17-7-5-10(6-8-17)15-16-12-4-3-11(18(21)22)9-13(12)19(23)24/h3-4,9,16H,2,5-8H2,1H3. The summed E-state index contributed by atoms with van der Waals surface area (Å²) in [5.74, 6) is 0. The lowest BCUT2D eigenvalue weighted by Gasteiger charge is -2.26. The first-order chi connectivity index (χ1) is 11.9. The topological polar surface area (TPSA) is 140 Å². The minimum Gasteiger partial charge on any atom is -0.450 e. The fraction of sp³-hybridized carbons (Fsp3) is 0.429. The van der Waals surface area contributed by atoms with Gasteiger partial charge in [0.1, 0.15) is 5.69 Å². The summed E-state index contributed by atoms with van der Waals surface area (Å²) in [5, 5.41) is 25.9. The van der Waals surface area contributed by atoms with Gasteiger partial charge >= 0.3 is 11.8 Å². The van der Waals surface area contributed by atoms with E-state index in [0.29, 0.717) is 32.5 Å². The fourth-order valence-electron chi connectivity index (χ4n) is 2.29. The Hall–Kier alpha value is -3.24. The normalized spacial score (nSPS) is 14.0. The zero-order chi connectivity index (χ0) is 18.4. The van der Waals surface area contributed by atoms with Gasteiger partial charge in [0, 0.05) is 37.7 Å². The summed E-state index contributed by atoms with van der Waals surface area (Å²) in [6.07, 6.45) is 0.639. The second kappa shape index (κ2) is 8.04. The van der Waals surface area contributed by atoms with E-state index in [4.69, 9.17) is 4.74 Å². The van der Waals surface area contributed by atoms with E-state index < -0.39 is 15.5 Å². The van der Waals surface area contributed by atoms with E-state index in [-0.39, 0.29) is 17.5 Å². The number of hydrogen-bond donors (Lipinski definition) is 1. The molecule has 0 aliphatic carbocycles. The third-order valence-corrected chi connectivity index (χ3v) is 3.59. The minimum absolute atomic E-state index is 0.0657. The molecule has 2 rings (SSSR count). The second-order valence-electron chi connectivity index (χ2n) is 5.19. The summed E-state index contributed by atoms with van der Waals surface area (Å²) in [5.41, 5.74) is 2.60. The van der Waals surface area contributed by atoms with E-state index in [0.717, 1.165) is 11.8 Å². The molecular weight excluding hydrogens is 334 g/mol. The van der Waals surface area contributed by atoms with Crippen LogP contribution in [0.5, 0.6) is 0 Å².